The van der Waals surface area contributed by atoms with Gasteiger partial charge in [-0.05, 0) is 24.6 Å². The van der Waals surface area contributed by atoms with Crippen LogP contribution in [0.5, 0.6) is 0 Å². The van der Waals surface area contributed by atoms with Crippen molar-refractivity contribution in [2.24, 2.45) is 5.73 Å². The van der Waals surface area contributed by atoms with E-state index < -0.39 is 0 Å². The van der Waals surface area contributed by atoms with Crippen LogP contribution in [0.1, 0.15) is 5.56 Å². The van der Waals surface area contributed by atoms with Crippen LogP contribution in [0, 0.1) is 6.92 Å². The first kappa shape index (κ1) is 11.7. The predicted octanol–water partition coefficient (Wildman–Crippen LogP) is 1.90. The van der Waals surface area contributed by atoms with Crippen LogP contribution in [0.2, 0.25) is 0 Å². The van der Waals surface area contributed by atoms with Crippen LogP contribution in [-0.4, -0.2) is 22.6 Å². The standard InChI is InChI=1S/C13H18N4/c1-3-7-15-13-16-11-9-10(2)4-5-12(11)17(13)8-6-14/h3-5,9H,1,6-8,14H2,2H3,(H,15,16). The molecule has 0 saturated heterocycles. The number of benzene rings is 1. The molecule has 0 spiro atoms. The molecule has 0 amide bonds. The highest BCUT2D eigenvalue weighted by Gasteiger charge is 2.09. The van der Waals surface area contributed by atoms with Gasteiger partial charge in [0.25, 0.3) is 0 Å². The number of anilines is 1. The molecule has 90 valence electrons. The third-order valence-electron chi connectivity index (χ3n) is 2.66. The van der Waals surface area contributed by atoms with Crippen molar-refractivity contribution in [3.05, 3.63) is 36.4 Å². The minimum Gasteiger partial charge on any atom is -0.352 e. The van der Waals surface area contributed by atoms with E-state index in [2.05, 4.69) is 46.6 Å². The number of nitrogens with two attached hydrogens (primary N) is 1. The van der Waals surface area contributed by atoms with E-state index in [0.717, 1.165) is 23.5 Å². The first-order valence-corrected chi connectivity index (χ1v) is 5.78. The van der Waals surface area contributed by atoms with Crippen molar-refractivity contribution in [3.63, 3.8) is 0 Å². The Morgan fingerprint density at radius 1 is 1.53 bits per heavy atom. The molecule has 0 aliphatic carbocycles. The molecule has 17 heavy (non-hydrogen) atoms. The summed E-state index contributed by atoms with van der Waals surface area (Å²) in [5.74, 6) is 0.857. The van der Waals surface area contributed by atoms with Crippen molar-refractivity contribution in [1.82, 2.24) is 9.55 Å². The third kappa shape index (κ3) is 2.31. The number of hydrogen-bond acceptors (Lipinski definition) is 3. The summed E-state index contributed by atoms with van der Waals surface area (Å²) < 4.78 is 2.11. The van der Waals surface area contributed by atoms with Gasteiger partial charge in [0.2, 0.25) is 5.95 Å². The summed E-state index contributed by atoms with van der Waals surface area (Å²) in [7, 11) is 0. The second-order valence-electron chi connectivity index (χ2n) is 4.04. The molecule has 0 unspecified atom stereocenters. The van der Waals surface area contributed by atoms with Gasteiger partial charge >= 0.3 is 0 Å². The van der Waals surface area contributed by atoms with Gasteiger partial charge in [-0.15, -0.1) is 6.58 Å². The van der Waals surface area contributed by atoms with Gasteiger partial charge in [-0.1, -0.05) is 12.1 Å². The van der Waals surface area contributed by atoms with E-state index in [1.807, 2.05) is 6.08 Å². The zero-order valence-electron chi connectivity index (χ0n) is 10.1. The summed E-state index contributed by atoms with van der Waals surface area (Å²) >= 11 is 0. The molecular formula is C13H18N4. The van der Waals surface area contributed by atoms with Crippen LogP contribution in [-0.2, 0) is 6.54 Å². The Hall–Kier alpha value is -1.81. The minimum absolute atomic E-state index is 0.599. The predicted molar refractivity (Wildman–Crippen MR) is 72.2 cm³/mol. The Bertz CT molecular complexity index is 527. The molecule has 1 heterocycles. The van der Waals surface area contributed by atoms with Crippen molar-refractivity contribution < 1.29 is 0 Å². The van der Waals surface area contributed by atoms with Gasteiger partial charge in [0.15, 0.2) is 0 Å². The first-order chi connectivity index (χ1) is 8.26. The Kier molecular flexibility index (Phi) is 3.44. The first-order valence-electron chi connectivity index (χ1n) is 5.78. The number of aryl methyl sites for hydroxylation is 1. The number of aromatic nitrogens is 2. The fourth-order valence-corrected chi connectivity index (χ4v) is 1.89. The van der Waals surface area contributed by atoms with Crippen LogP contribution in [0.15, 0.2) is 30.9 Å². The lowest BCUT2D eigenvalue weighted by Crippen LogP contribution is -2.13. The van der Waals surface area contributed by atoms with Gasteiger partial charge in [-0.2, -0.15) is 0 Å². The van der Waals surface area contributed by atoms with Gasteiger partial charge in [0.1, 0.15) is 0 Å². The molecule has 4 heteroatoms. The van der Waals surface area contributed by atoms with Crippen molar-refractivity contribution in [2.45, 2.75) is 13.5 Å². The highest BCUT2D eigenvalue weighted by Crippen LogP contribution is 2.20. The lowest BCUT2D eigenvalue weighted by atomic mass is 10.2. The smallest absolute Gasteiger partial charge is 0.204 e. The van der Waals surface area contributed by atoms with Gasteiger partial charge in [-0.3, -0.25) is 0 Å². The molecule has 0 radical (unpaired) electrons. The molecule has 0 atom stereocenters. The lowest BCUT2D eigenvalue weighted by Gasteiger charge is -2.07. The SMILES string of the molecule is C=CCNc1nc2cc(C)ccc2n1CCN. The molecule has 2 aromatic rings. The molecule has 0 aliphatic heterocycles. The maximum atomic E-state index is 5.64. The van der Waals surface area contributed by atoms with Crippen molar-refractivity contribution in [1.29, 1.82) is 0 Å². The lowest BCUT2D eigenvalue weighted by molar-refractivity contribution is 0.733. The van der Waals surface area contributed by atoms with Crippen molar-refractivity contribution in [2.75, 3.05) is 18.4 Å². The quantitative estimate of drug-likeness (QED) is 0.771. The summed E-state index contributed by atoms with van der Waals surface area (Å²) in [6, 6.07) is 6.27. The summed E-state index contributed by atoms with van der Waals surface area (Å²) in [4.78, 5) is 4.58. The molecule has 4 nitrogen and oxygen atoms in total. The highest BCUT2D eigenvalue weighted by atomic mass is 15.2. The Labute approximate surface area is 101 Å². The van der Waals surface area contributed by atoms with E-state index in [4.69, 9.17) is 5.73 Å². The molecule has 3 N–H and O–H groups in total. The topological polar surface area (TPSA) is 55.9 Å². The van der Waals surface area contributed by atoms with E-state index in [9.17, 15) is 0 Å². The minimum atomic E-state index is 0.599. The second-order valence-corrected chi connectivity index (χ2v) is 4.04. The van der Waals surface area contributed by atoms with Gasteiger partial charge in [0, 0.05) is 19.6 Å². The van der Waals surface area contributed by atoms with Gasteiger partial charge in [0.05, 0.1) is 11.0 Å². The maximum Gasteiger partial charge on any atom is 0.204 e. The van der Waals surface area contributed by atoms with E-state index >= 15 is 0 Å². The van der Waals surface area contributed by atoms with Crippen LogP contribution in [0.4, 0.5) is 5.95 Å². The average Bonchev–Trinajstić information content (AvgIpc) is 2.64. The van der Waals surface area contributed by atoms with Gasteiger partial charge in [-0.25, -0.2) is 4.98 Å². The molecule has 1 aromatic carbocycles. The zero-order valence-corrected chi connectivity index (χ0v) is 10.1. The molecular weight excluding hydrogens is 212 g/mol. The Morgan fingerprint density at radius 2 is 2.35 bits per heavy atom. The number of hydrogen-bond donors (Lipinski definition) is 2. The fourth-order valence-electron chi connectivity index (χ4n) is 1.89. The molecule has 2 rings (SSSR count). The normalized spacial score (nSPS) is 10.7. The van der Waals surface area contributed by atoms with E-state index in [1.165, 1.54) is 5.56 Å². The molecule has 0 aliphatic rings. The number of nitrogens with one attached hydrogen (secondary N) is 1. The van der Waals surface area contributed by atoms with Crippen LogP contribution in [0.25, 0.3) is 11.0 Å². The number of fused-ring (bicyclic) bond motifs is 1. The average molecular weight is 230 g/mol. The van der Waals surface area contributed by atoms with Gasteiger partial charge < -0.3 is 15.6 Å². The summed E-state index contributed by atoms with van der Waals surface area (Å²) in [6.45, 7) is 7.83. The number of imidazole rings is 1. The maximum absolute atomic E-state index is 5.64. The largest absolute Gasteiger partial charge is 0.352 e. The van der Waals surface area contributed by atoms with Crippen LogP contribution < -0.4 is 11.1 Å². The number of rotatable bonds is 5. The second kappa shape index (κ2) is 5.01. The monoisotopic (exact) mass is 230 g/mol. The summed E-state index contributed by atoms with van der Waals surface area (Å²) in [6.07, 6.45) is 1.82. The van der Waals surface area contributed by atoms with Crippen LogP contribution in [0.3, 0.4) is 0 Å². The Balaban J connectivity index is 2.49. The zero-order chi connectivity index (χ0) is 12.3. The highest BCUT2D eigenvalue weighted by molar-refractivity contribution is 5.79. The van der Waals surface area contributed by atoms with Crippen molar-refractivity contribution in [3.8, 4) is 0 Å². The van der Waals surface area contributed by atoms with Crippen LogP contribution >= 0.6 is 0 Å². The number of nitrogens with zero attached hydrogens (tertiary/aromatic N) is 2. The fraction of sp³-hybridized carbons (Fsp3) is 0.308. The van der Waals surface area contributed by atoms with E-state index in [0.29, 0.717) is 13.1 Å². The third-order valence-corrected chi connectivity index (χ3v) is 2.66. The summed E-state index contributed by atoms with van der Waals surface area (Å²) in [5.41, 5.74) is 8.98. The van der Waals surface area contributed by atoms with E-state index in [-0.39, 0.29) is 0 Å². The Morgan fingerprint density at radius 3 is 3.06 bits per heavy atom. The van der Waals surface area contributed by atoms with E-state index in [1.54, 1.807) is 0 Å². The molecule has 0 saturated carbocycles. The van der Waals surface area contributed by atoms with Crippen molar-refractivity contribution >= 4 is 17.0 Å². The molecule has 1 aromatic heterocycles. The molecule has 0 bridgehead atoms. The molecule has 0 fully saturated rings. The summed E-state index contributed by atoms with van der Waals surface area (Å²) in [5, 5.41) is 3.23.